The molecule has 0 radical (unpaired) electrons. The molecule has 2 aromatic rings. The van der Waals surface area contributed by atoms with E-state index in [1.165, 1.54) is 0 Å². The predicted molar refractivity (Wildman–Crippen MR) is 104 cm³/mol. The van der Waals surface area contributed by atoms with Crippen molar-refractivity contribution in [2.75, 3.05) is 19.4 Å². The summed E-state index contributed by atoms with van der Waals surface area (Å²) in [6.45, 7) is 0.113. The van der Waals surface area contributed by atoms with Crippen LogP contribution in [0.4, 0.5) is 0 Å². The molecule has 0 aliphatic heterocycles. The van der Waals surface area contributed by atoms with E-state index in [-0.39, 0.29) is 12.5 Å². The van der Waals surface area contributed by atoms with Gasteiger partial charge in [-0.15, -0.1) is 11.8 Å². The minimum absolute atomic E-state index is 0.0511. The second kappa shape index (κ2) is 10.1. The van der Waals surface area contributed by atoms with Crippen molar-refractivity contribution < 1.29 is 19.4 Å². The number of benzene rings is 2. The van der Waals surface area contributed by atoms with Crippen molar-refractivity contribution in [3.05, 3.63) is 64.7 Å². The molecule has 1 N–H and O–H groups in total. The molecule has 2 rings (SSSR count). The van der Waals surface area contributed by atoms with Crippen molar-refractivity contribution in [3.8, 4) is 5.75 Å². The van der Waals surface area contributed by atoms with Gasteiger partial charge in [0.15, 0.2) is 6.61 Å². The molecule has 0 saturated heterocycles. The molecular weight excluding hydrogens is 374 g/mol. The Morgan fingerprint density at radius 1 is 1.08 bits per heavy atom. The summed E-state index contributed by atoms with van der Waals surface area (Å²) in [7, 11) is 1.76. The third-order valence-electron chi connectivity index (χ3n) is 3.54. The standard InChI is InChI=1S/C19H20ClNO4S/c1-21(10-14-4-8-17(9-5-14)25-11-19(23)24)18(22)13-26-12-15-2-6-16(20)7-3-15/h2-9H,10-13H2,1H3,(H,23,24). The highest BCUT2D eigenvalue weighted by molar-refractivity contribution is 7.99. The van der Waals surface area contributed by atoms with E-state index < -0.39 is 5.97 Å². The molecular formula is C19H20ClNO4S. The largest absolute Gasteiger partial charge is 0.482 e. The zero-order chi connectivity index (χ0) is 18.9. The number of thioether (sulfide) groups is 1. The van der Waals surface area contributed by atoms with Crippen molar-refractivity contribution >= 4 is 35.2 Å². The number of amides is 1. The maximum atomic E-state index is 12.2. The van der Waals surface area contributed by atoms with E-state index in [1.54, 1.807) is 35.8 Å². The van der Waals surface area contributed by atoms with Crippen LogP contribution in [0.3, 0.4) is 0 Å². The monoisotopic (exact) mass is 393 g/mol. The van der Waals surface area contributed by atoms with Gasteiger partial charge in [0.1, 0.15) is 5.75 Å². The van der Waals surface area contributed by atoms with E-state index in [1.807, 2.05) is 36.4 Å². The SMILES string of the molecule is CN(Cc1ccc(OCC(=O)O)cc1)C(=O)CSCc1ccc(Cl)cc1. The quantitative estimate of drug-likeness (QED) is 0.703. The van der Waals surface area contributed by atoms with E-state index in [0.29, 0.717) is 23.1 Å². The number of carboxylic acids is 1. The van der Waals surface area contributed by atoms with Gasteiger partial charge in [-0.2, -0.15) is 0 Å². The molecule has 0 aliphatic rings. The number of aliphatic carboxylic acids is 1. The lowest BCUT2D eigenvalue weighted by Crippen LogP contribution is -2.27. The maximum Gasteiger partial charge on any atom is 0.341 e. The fraction of sp³-hybridized carbons (Fsp3) is 0.263. The summed E-state index contributed by atoms with van der Waals surface area (Å²) >= 11 is 7.42. The fourth-order valence-corrected chi connectivity index (χ4v) is 3.20. The first-order chi connectivity index (χ1) is 12.4. The van der Waals surface area contributed by atoms with Gasteiger partial charge >= 0.3 is 5.97 Å². The number of carboxylic acid groups (broad SMARTS) is 1. The van der Waals surface area contributed by atoms with Crippen molar-refractivity contribution in [2.24, 2.45) is 0 Å². The molecule has 0 bridgehead atoms. The molecule has 1 amide bonds. The van der Waals surface area contributed by atoms with Gasteiger partial charge in [-0.1, -0.05) is 35.9 Å². The van der Waals surface area contributed by atoms with Crippen LogP contribution in [0.25, 0.3) is 0 Å². The second-order valence-corrected chi connectivity index (χ2v) is 7.12. The highest BCUT2D eigenvalue weighted by Crippen LogP contribution is 2.17. The van der Waals surface area contributed by atoms with E-state index >= 15 is 0 Å². The summed E-state index contributed by atoms with van der Waals surface area (Å²) in [5.74, 6) is 0.681. The lowest BCUT2D eigenvalue weighted by atomic mass is 10.2. The first kappa shape index (κ1) is 20.1. The predicted octanol–water partition coefficient (Wildman–Crippen LogP) is 3.70. The fourth-order valence-electron chi connectivity index (χ4n) is 2.15. The van der Waals surface area contributed by atoms with Crippen molar-refractivity contribution in [3.63, 3.8) is 0 Å². The van der Waals surface area contributed by atoms with Crippen LogP contribution in [0.5, 0.6) is 5.75 Å². The molecule has 0 fully saturated rings. The van der Waals surface area contributed by atoms with Crippen LogP contribution in [0.1, 0.15) is 11.1 Å². The number of carbonyl (C=O) groups excluding carboxylic acids is 1. The van der Waals surface area contributed by atoms with Crippen molar-refractivity contribution in [1.82, 2.24) is 4.90 Å². The lowest BCUT2D eigenvalue weighted by Gasteiger charge is -2.17. The summed E-state index contributed by atoms with van der Waals surface area (Å²) in [6.07, 6.45) is 0. The van der Waals surface area contributed by atoms with Gasteiger partial charge in [0.05, 0.1) is 5.75 Å². The van der Waals surface area contributed by atoms with E-state index in [4.69, 9.17) is 21.4 Å². The zero-order valence-corrected chi connectivity index (χ0v) is 15.9. The minimum Gasteiger partial charge on any atom is -0.482 e. The van der Waals surface area contributed by atoms with E-state index in [9.17, 15) is 9.59 Å². The molecule has 138 valence electrons. The molecule has 0 atom stereocenters. The van der Waals surface area contributed by atoms with Gasteiger partial charge in [0.25, 0.3) is 0 Å². The summed E-state index contributed by atoms with van der Waals surface area (Å²) in [6, 6.07) is 14.6. The maximum absolute atomic E-state index is 12.2. The van der Waals surface area contributed by atoms with Crippen LogP contribution in [-0.2, 0) is 21.9 Å². The Balaban J connectivity index is 1.75. The summed E-state index contributed by atoms with van der Waals surface area (Å²) < 4.78 is 5.09. The van der Waals surface area contributed by atoms with Gasteiger partial charge in [-0.25, -0.2) is 4.79 Å². The smallest absolute Gasteiger partial charge is 0.341 e. The molecule has 7 heteroatoms. The van der Waals surface area contributed by atoms with Crippen LogP contribution >= 0.6 is 23.4 Å². The highest BCUT2D eigenvalue weighted by Gasteiger charge is 2.10. The number of ether oxygens (including phenoxy) is 1. The molecule has 0 spiro atoms. The number of halogens is 1. The Bertz CT molecular complexity index is 734. The average molecular weight is 394 g/mol. The molecule has 0 aliphatic carbocycles. The van der Waals surface area contributed by atoms with Gasteiger partial charge in [-0.3, -0.25) is 4.79 Å². The second-order valence-electron chi connectivity index (χ2n) is 5.70. The summed E-state index contributed by atoms with van der Waals surface area (Å²) in [5.41, 5.74) is 2.08. The molecule has 5 nitrogen and oxygen atoms in total. The summed E-state index contributed by atoms with van der Waals surface area (Å²) in [5, 5.41) is 9.29. The lowest BCUT2D eigenvalue weighted by molar-refractivity contribution is -0.139. The van der Waals surface area contributed by atoms with Gasteiger partial charge in [0.2, 0.25) is 5.91 Å². The van der Waals surface area contributed by atoms with Gasteiger partial charge < -0.3 is 14.7 Å². The Hall–Kier alpha value is -2.18. The van der Waals surface area contributed by atoms with Crippen molar-refractivity contribution in [1.29, 1.82) is 0 Å². The number of rotatable bonds is 9. The number of nitrogens with zero attached hydrogens (tertiary/aromatic N) is 1. The molecule has 2 aromatic carbocycles. The third kappa shape index (κ3) is 6.98. The molecule has 0 heterocycles. The van der Waals surface area contributed by atoms with Crippen LogP contribution in [0.15, 0.2) is 48.5 Å². The third-order valence-corrected chi connectivity index (χ3v) is 4.78. The molecule has 26 heavy (non-hydrogen) atoms. The zero-order valence-electron chi connectivity index (χ0n) is 14.4. The first-order valence-corrected chi connectivity index (χ1v) is 9.47. The van der Waals surface area contributed by atoms with Crippen LogP contribution in [0, 0.1) is 0 Å². The topological polar surface area (TPSA) is 66.8 Å². The number of hydrogen-bond donors (Lipinski definition) is 1. The van der Waals surface area contributed by atoms with E-state index in [2.05, 4.69) is 0 Å². The average Bonchev–Trinajstić information content (AvgIpc) is 2.62. The van der Waals surface area contributed by atoms with Gasteiger partial charge in [0, 0.05) is 24.4 Å². The first-order valence-electron chi connectivity index (χ1n) is 7.93. The van der Waals surface area contributed by atoms with Gasteiger partial charge in [-0.05, 0) is 35.4 Å². The Kier molecular flexibility index (Phi) is 7.81. The number of hydrogen-bond acceptors (Lipinski definition) is 4. The van der Waals surface area contributed by atoms with Crippen molar-refractivity contribution in [2.45, 2.75) is 12.3 Å². The summed E-state index contributed by atoms with van der Waals surface area (Å²) in [4.78, 5) is 24.4. The Morgan fingerprint density at radius 2 is 1.69 bits per heavy atom. The molecule has 0 aromatic heterocycles. The normalized spacial score (nSPS) is 10.4. The minimum atomic E-state index is -1.02. The van der Waals surface area contributed by atoms with E-state index in [0.717, 1.165) is 16.9 Å². The Labute approximate surface area is 161 Å². The van der Waals surface area contributed by atoms with Crippen LogP contribution in [-0.4, -0.2) is 41.3 Å². The highest BCUT2D eigenvalue weighted by atomic mass is 35.5. The molecule has 0 saturated carbocycles. The molecule has 0 unspecified atom stereocenters. The van der Waals surface area contributed by atoms with Crippen LogP contribution in [0.2, 0.25) is 5.02 Å². The number of carbonyl (C=O) groups is 2. The Morgan fingerprint density at radius 3 is 2.31 bits per heavy atom. The van der Waals surface area contributed by atoms with Crippen LogP contribution < -0.4 is 4.74 Å².